The number of hydrogen-bond donors (Lipinski definition) is 1. The fraction of sp³-hybridized carbons (Fsp3) is 0.750. The molecule has 0 bridgehead atoms. The standard InChI is InChI=1S/C12H24N2O/c1-6-9-12(2,3)13-11(15)8-7-10-14(4)5/h7-8H,6,9-10H2,1-5H3,(H,13,15)/b8-7+. The van der Waals surface area contributed by atoms with Crippen molar-refractivity contribution in [3.63, 3.8) is 0 Å². The minimum Gasteiger partial charge on any atom is -0.348 e. The molecule has 0 spiro atoms. The van der Waals surface area contributed by atoms with Crippen LogP contribution in [-0.2, 0) is 4.79 Å². The number of nitrogens with zero attached hydrogens (tertiary/aromatic N) is 1. The van der Waals surface area contributed by atoms with Crippen molar-refractivity contribution in [2.45, 2.75) is 39.2 Å². The molecule has 0 aliphatic rings. The molecule has 0 heterocycles. The number of carbonyl (C=O) groups excluding carboxylic acids is 1. The van der Waals surface area contributed by atoms with Crippen LogP contribution in [0, 0.1) is 0 Å². The van der Waals surface area contributed by atoms with E-state index in [2.05, 4.69) is 12.2 Å². The summed E-state index contributed by atoms with van der Waals surface area (Å²) in [7, 11) is 3.95. The molecule has 0 rings (SSSR count). The Labute approximate surface area is 93.5 Å². The minimum atomic E-state index is -0.103. The summed E-state index contributed by atoms with van der Waals surface area (Å²) >= 11 is 0. The maximum Gasteiger partial charge on any atom is 0.244 e. The Kier molecular flexibility index (Phi) is 6.25. The van der Waals surface area contributed by atoms with Crippen molar-refractivity contribution in [1.29, 1.82) is 0 Å². The van der Waals surface area contributed by atoms with Crippen molar-refractivity contribution < 1.29 is 4.79 Å². The molecule has 0 aliphatic carbocycles. The molecule has 0 aliphatic heterocycles. The molecule has 3 heteroatoms. The molecule has 0 aromatic rings. The number of likely N-dealkylation sites (N-methyl/N-ethyl adjacent to an activating group) is 1. The van der Waals surface area contributed by atoms with Crippen molar-refractivity contribution in [2.75, 3.05) is 20.6 Å². The lowest BCUT2D eigenvalue weighted by atomic mass is 9.99. The van der Waals surface area contributed by atoms with Crippen LogP contribution >= 0.6 is 0 Å². The third-order valence-corrected chi connectivity index (χ3v) is 2.08. The molecule has 0 aromatic carbocycles. The van der Waals surface area contributed by atoms with E-state index in [1.54, 1.807) is 6.08 Å². The average Bonchev–Trinajstić information content (AvgIpc) is 2.01. The third-order valence-electron chi connectivity index (χ3n) is 2.08. The maximum absolute atomic E-state index is 11.5. The highest BCUT2D eigenvalue weighted by molar-refractivity contribution is 5.88. The summed E-state index contributed by atoms with van der Waals surface area (Å²) < 4.78 is 0. The van der Waals surface area contributed by atoms with Crippen LogP contribution in [0.2, 0.25) is 0 Å². The first kappa shape index (κ1) is 14.2. The van der Waals surface area contributed by atoms with Crippen LogP contribution in [0.15, 0.2) is 12.2 Å². The van der Waals surface area contributed by atoms with Gasteiger partial charge in [0.2, 0.25) is 5.91 Å². The first-order valence-electron chi connectivity index (χ1n) is 5.51. The van der Waals surface area contributed by atoms with Gasteiger partial charge in [0.25, 0.3) is 0 Å². The normalized spacial score (nSPS) is 12.4. The number of rotatable bonds is 6. The quantitative estimate of drug-likeness (QED) is 0.681. The van der Waals surface area contributed by atoms with Gasteiger partial charge in [-0.05, 0) is 34.4 Å². The number of nitrogens with one attached hydrogen (secondary N) is 1. The third kappa shape index (κ3) is 8.18. The topological polar surface area (TPSA) is 32.3 Å². The zero-order chi connectivity index (χ0) is 11.9. The van der Waals surface area contributed by atoms with E-state index >= 15 is 0 Å². The van der Waals surface area contributed by atoms with Gasteiger partial charge in [-0.15, -0.1) is 0 Å². The van der Waals surface area contributed by atoms with Gasteiger partial charge in [0.15, 0.2) is 0 Å². The summed E-state index contributed by atoms with van der Waals surface area (Å²) in [4.78, 5) is 13.5. The molecule has 0 radical (unpaired) electrons. The van der Waals surface area contributed by atoms with Gasteiger partial charge >= 0.3 is 0 Å². The summed E-state index contributed by atoms with van der Waals surface area (Å²) in [6.07, 6.45) is 5.56. The summed E-state index contributed by atoms with van der Waals surface area (Å²) in [5, 5.41) is 2.99. The first-order valence-corrected chi connectivity index (χ1v) is 5.51. The fourth-order valence-corrected chi connectivity index (χ4v) is 1.43. The zero-order valence-corrected chi connectivity index (χ0v) is 10.6. The second-order valence-electron chi connectivity index (χ2n) is 4.79. The Balaban J connectivity index is 3.97. The van der Waals surface area contributed by atoms with E-state index in [0.29, 0.717) is 0 Å². The number of amides is 1. The monoisotopic (exact) mass is 212 g/mol. The lowest BCUT2D eigenvalue weighted by Crippen LogP contribution is -2.42. The average molecular weight is 212 g/mol. The predicted molar refractivity (Wildman–Crippen MR) is 64.8 cm³/mol. The van der Waals surface area contributed by atoms with Gasteiger partial charge in [-0.1, -0.05) is 19.4 Å². The molecule has 0 saturated heterocycles. The van der Waals surface area contributed by atoms with Crippen molar-refractivity contribution in [3.05, 3.63) is 12.2 Å². The van der Waals surface area contributed by atoms with E-state index < -0.39 is 0 Å². The van der Waals surface area contributed by atoms with Crippen LogP contribution in [0.3, 0.4) is 0 Å². The van der Waals surface area contributed by atoms with Crippen molar-refractivity contribution in [1.82, 2.24) is 10.2 Å². The van der Waals surface area contributed by atoms with Crippen LogP contribution in [-0.4, -0.2) is 37.0 Å². The van der Waals surface area contributed by atoms with Gasteiger partial charge in [0.05, 0.1) is 0 Å². The Bertz CT molecular complexity index is 220. The zero-order valence-electron chi connectivity index (χ0n) is 10.6. The van der Waals surface area contributed by atoms with Crippen LogP contribution in [0.1, 0.15) is 33.6 Å². The van der Waals surface area contributed by atoms with Gasteiger partial charge < -0.3 is 10.2 Å². The van der Waals surface area contributed by atoms with E-state index in [1.807, 2.05) is 38.9 Å². The molecule has 0 aromatic heterocycles. The Hall–Kier alpha value is -0.830. The Morgan fingerprint density at radius 3 is 2.47 bits per heavy atom. The second-order valence-corrected chi connectivity index (χ2v) is 4.79. The molecule has 0 unspecified atom stereocenters. The number of hydrogen-bond acceptors (Lipinski definition) is 2. The SMILES string of the molecule is CCCC(C)(C)NC(=O)/C=C/CN(C)C. The molecule has 1 amide bonds. The largest absolute Gasteiger partial charge is 0.348 e. The predicted octanol–water partition coefficient (Wildman–Crippen LogP) is 1.80. The van der Waals surface area contributed by atoms with E-state index in [0.717, 1.165) is 19.4 Å². The van der Waals surface area contributed by atoms with E-state index in [-0.39, 0.29) is 11.4 Å². The summed E-state index contributed by atoms with van der Waals surface area (Å²) in [6.45, 7) is 7.01. The van der Waals surface area contributed by atoms with Gasteiger partial charge in [-0.2, -0.15) is 0 Å². The molecule has 1 N–H and O–H groups in total. The lowest BCUT2D eigenvalue weighted by Gasteiger charge is -2.24. The minimum absolute atomic E-state index is 0.00435. The van der Waals surface area contributed by atoms with Crippen LogP contribution in [0.25, 0.3) is 0 Å². The highest BCUT2D eigenvalue weighted by Gasteiger charge is 2.17. The lowest BCUT2D eigenvalue weighted by molar-refractivity contribution is -0.118. The smallest absolute Gasteiger partial charge is 0.244 e. The molecular formula is C12H24N2O. The van der Waals surface area contributed by atoms with Crippen LogP contribution in [0.5, 0.6) is 0 Å². The van der Waals surface area contributed by atoms with Gasteiger partial charge in [0.1, 0.15) is 0 Å². The summed E-state index contributed by atoms with van der Waals surface area (Å²) in [5.41, 5.74) is -0.103. The Morgan fingerprint density at radius 1 is 1.40 bits per heavy atom. The maximum atomic E-state index is 11.5. The number of carbonyl (C=O) groups is 1. The van der Waals surface area contributed by atoms with E-state index in [9.17, 15) is 4.79 Å². The van der Waals surface area contributed by atoms with Crippen LogP contribution < -0.4 is 5.32 Å². The fourth-order valence-electron chi connectivity index (χ4n) is 1.43. The van der Waals surface area contributed by atoms with Crippen LogP contribution in [0.4, 0.5) is 0 Å². The summed E-state index contributed by atoms with van der Waals surface area (Å²) in [6, 6.07) is 0. The second kappa shape index (κ2) is 6.62. The van der Waals surface area contributed by atoms with E-state index in [4.69, 9.17) is 0 Å². The first-order chi connectivity index (χ1) is 6.87. The molecular weight excluding hydrogens is 188 g/mol. The van der Waals surface area contributed by atoms with Crippen molar-refractivity contribution in [2.24, 2.45) is 0 Å². The van der Waals surface area contributed by atoms with Gasteiger partial charge in [-0.25, -0.2) is 0 Å². The molecule has 3 nitrogen and oxygen atoms in total. The highest BCUT2D eigenvalue weighted by Crippen LogP contribution is 2.10. The molecule has 0 fully saturated rings. The molecule has 88 valence electrons. The molecule has 0 saturated carbocycles. The highest BCUT2D eigenvalue weighted by atomic mass is 16.1. The van der Waals surface area contributed by atoms with Crippen molar-refractivity contribution >= 4 is 5.91 Å². The molecule has 15 heavy (non-hydrogen) atoms. The molecule has 0 atom stereocenters. The summed E-state index contributed by atoms with van der Waals surface area (Å²) in [5.74, 6) is -0.00435. The van der Waals surface area contributed by atoms with Crippen molar-refractivity contribution in [3.8, 4) is 0 Å². The Morgan fingerprint density at radius 2 is 2.00 bits per heavy atom. The van der Waals surface area contributed by atoms with E-state index in [1.165, 1.54) is 0 Å². The van der Waals surface area contributed by atoms with Gasteiger partial charge in [0, 0.05) is 18.2 Å². The van der Waals surface area contributed by atoms with Gasteiger partial charge in [-0.3, -0.25) is 4.79 Å².